The highest BCUT2D eigenvalue weighted by molar-refractivity contribution is 9.10. The molecule has 0 N–H and O–H groups in total. The maximum Gasteiger partial charge on any atom is 0.363 e. The van der Waals surface area contributed by atoms with E-state index in [1.807, 2.05) is 0 Å². The maximum absolute atomic E-state index is 12.3. The summed E-state index contributed by atoms with van der Waals surface area (Å²) in [5, 5.41) is 0. The summed E-state index contributed by atoms with van der Waals surface area (Å²) in [7, 11) is 6.15. The van der Waals surface area contributed by atoms with Crippen molar-refractivity contribution in [2.45, 2.75) is 0 Å². The minimum Gasteiger partial charge on any atom is -0.496 e. The van der Waals surface area contributed by atoms with E-state index in [9.17, 15) is 4.79 Å². The van der Waals surface area contributed by atoms with Gasteiger partial charge in [-0.05, 0) is 57.9 Å². The van der Waals surface area contributed by atoms with Crippen molar-refractivity contribution in [2.75, 3.05) is 28.4 Å². The molecule has 1 heterocycles. The number of halogens is 1. The number of cyclic esters (lactones) is 1. The molecule has 3 rings (SSSR count). The Labute approximate surface area is 170 Å². The van der Waals surface area contributed by atoms with Gasteiger partial charge in [-0.25, -0.2) is 9.79 Å². The monoisotopic (exact) mass is 447 g/mol. The predicted octanol–water partition coefficient (Wildman–Crippen LogP) is 3.83. The fraction of sp³-hybridized carbons (Fsp3) is 0.200. The van der Waals surface area contributed by atoms with Crippen LogP contribution in [-0.4, -0.2) is 40.3 Å². The van der Waals surface area contributed by atoms with E-state index >= 15 is 0 Å². The van der Waals surface area contributed by atoms with E-state index in [-0.39, 0.29) is 11.6 Å². The molecule has 0 aliphatic carbocycles. The molecule has 0 radical (unpaired) electrons. The van der Waals surface area contributed by atoms with E-state index in [2.05, 4.69) is 20.9 Å². The molecule has 0 amide bonds. The van der Waals surface area contributed by atoms with Crippen LogP contribution in [-0.2, 0) is 9.53 Å². The average molecular weight is 448 g/mol. The molecule has 0 unspecified atom stereocenters. The van der Waals surface area contributed by atoms with Crippen LogP contribution in [0.1, 0.15) is 11.1 Å². The molecule has 0 aromatic heterocycles. The Bertz CT molecular complexity index is 958. The van der Waals surface area contributed by atoms with Gasteiger partial charge in [0.05, 0.1) is 32.9 Å². The summed E-state index contributed by atoms with van der Waals surface area (Å²) >= 11 is 3.41. The highest BCUT2D eigenvalue weighted by Gasteiger charge is 2.25. The van der Waals surface area contributed by atoms with Crippen molar-refractivity contribution in [3.05, 3.63) is 51.6 Å². The average Bonchev–Trinajstić information content (AvgIpc) is 3.07. The molecular formula is C20H18BrNO6. The first-order valence-corrected chi connectivity index (χ1v) is 8.96. The van der Waals surface area contributed by atoms with Crippen molar-refractivity contribution in [1.82, 2.24) is 0 Å². The van der Waals surface area contributed by atoms with Gasteiger partial charge in [0.25, 0.3) is 0 Å². The van der Waals surface area contributed by atoms with Gasteiger partial charge in [-0.2, -0.15) is 0 Å². The number of benzene rings is 2. The zero-order chi connectivity index (χ0) is 20.3. The quantitative estimate of drug-likeness (QED) is 0.494. The number of hydrogen-bond donors (Lipinski definition) is 0. The summed E-state index contributed by atoms with van der Waals surface area (Å²) in [6.07, 6.45) is 1.60. The summed E-state index contributed by atoms with van der Waals surface area (Å²) < 4.78 is 27.2. The van der Waals surface area contributed by atoms with Gasteiger partial charge in [0.2, 0.25) is 11.6 Å². The highest BCUT2D eigenvalue weighted by Crippen LogP contribution is 2.39. The van der Waals surface area contributed by atoms with Gasteiger partial charge in [-0.15, -0.1) is 0 Å². The largest absolute Gasteiger partial charge is 0.496 e. The minimum atomic E-state index is -0.546. The Morgan fingerprint density at radius 3 is 2.11 bits per heavy atom. The van der Waals surface area contributed by atoms with Crippen LogP contribution in [0, 0.1) is 0 Å². The SMILES string of the molecule is COc1ccc(C2=N/C(=C/c3cc(OC)c(OC)c(OC)c3)C(=O)O2)cc1Br. The molecule has 2 aromatic carbocycles. The first kappa shape index (κ1) is 19.8. The summed E-state index contributed by atoms with van der Waals surface area (Å²) in [6, 6.07) is 8.74. The molecule has 0 saturated heterocycles. The molecule has 7 nitrogen and oxygen atoms in total. The van der Waals surface area contributed by atoms with Crippen LogP contribution in [0.2, 0.25) is 0 Å². The van der Waals surface area contributed by atoms with Crippen LogP contribution in [0.25, 0.3) is 6.08 Å². The lowest BCUT2D eigenvalue weighted by molar-refractivity contribution is -0.129. The second-order valence-corrected chi connectivity index (χ2v) is 6.50. The number of carbonyl (C=O) groups excluding carboxylic acids is 1. The van der Waals surface area contributed by atoms with Crippen molar-refractivity contribution in [3.63, 3.8) is 0 Å². The van der Waals surface area contributed by atoms with Gasteiger partial charge in [0.1, 0.15) is 5.75 Å². The minimum absolute atomic E-state index is 0.163. The summed E-state index contributed by atoms with van der Waals surface area (Å²) in [5.74, 6) is 1.75. The van der Waals surface area contributed by atoms with Gasteiger partial charge in [-0.1, -0.05) is 0 Å². The molecule has 0 atom stereocenters. The molecule has 8 heteroatoms. The van der Waals surface area contributed by atoms with Crippen molar-refractivity contribution >= 4 is 33.9 Å². The fourth-order valence-corrected chi connectivity index (χ4v) is 3.22. The Hall–Kier alpha value is -3.00. The third-order valence-corrected chi connectivity index (χ3v) is 4.63. The smallest absolute Gasteiger partial charge is 0.363 e. The van der Waals surface area contributed by atoms with Gasteiger partial charge < -0.3 is 23.7 Å². The lowest BCUT2D eigenvalue weighted by Crippen LogP contribution is -2.05. The number of hydrogen-bond acceptors (Lipinski definition) is 7. The van der Waals surface area contributed by atoms with E-state index in [1.165, 1.54) is 21.3 Å². The van der Waals surface area contributed by atoms with Crippen molar-refractivity contribution in [2.24, 2.45) is 4.99 Å². The number of carbonyl (C=O) groups is 1. The van der Waals surface area contributed by atoms with E-state index in [0.717, 1.165) is 4.47 Å². The zero-order valence-corrected chi connectivity index (χ0v) is 17.3. The second kappa shape index (κ2) is 8.35. The first-order valence-electron chi connectivity index (χ1n) is 8.17. The molecule has 146 valence electrons. The van der Waals surface area contributed by atoms with Crippen LogP contribution in [0.5, 0.6) is 23.0 Å². The Balaban J connectivity index is 1.98. The predicted molar refractivity (Wildman–Crippen MR) is 107 cm³/mol. The van der Waals surface area contributed by atoms with Gasteiger partial charge >= 0.3 is 5.97 Å². The number of rotatable bonds is 6. The summed E-state index contributed by atoms with van der Waals surface area (Å²) in [5.41, 5.74) is 1.47. The molecular weight excluding hydrogens is 430 g/mol. The molecule has 0 fully saturated rings. The summed E-state index contributed by atoms with van der Waals surface area (Å²) in [4.78, 5) is 16.6. The molecule has 1 aliphatic rings. The molecule has 28 heavy (non-hydrogen) atoms. The first-order chi connectivity index (χ1) is 13.5. The van der Waals surface area contributed by atoms with Gasteiger partial charge in [0.15, 0.2) is 17.2 Å². The van der Waals surface area contributed by atoms with Gasteiger partial charge in [-0.3, -0.25) is 0 Å². The normalized spacial score (nSPS) is 14.5. The van der Waals surface area contributed by atoms with E-state index in [4.69, 9.17) is 23.7 Å². The zero-order valence-electron chi connectivity index (χ0n) is 15.7. The third-order valence-electron chi connectivity index (χ3n) is 4.01. The lowest BCUT2D eigenvalue weighted by Gasteiger charge is -2.12. The maximum atomic E-state index is 12.3. The van der Waals surface area contributed by atoms with Crippen molar-refractivity contribution in [1.29, 1.82) is 0 Å². The standard InChI is InChI=1S/C20H18BrNO6/c1-24-15-6-5-12(10-13(15)21)19-22-14(20(23)28-19)7-11-8-16(25-2)18(27-4)17(9-11)26-3/h5-10H,1-4H3/b14-7+. The number of methoxy groups -OCH3 is 4. The van der Waals surface area contributed by atoms with E-state index in [1.54, 1.807) is 43.5 Å². The van der Waals surface area contributed by atoms with Crippen LogP contribution in [0.4, 0.5) is 0 Å². The van der Waals surface area contributed by atoms with E-state index in [0.29, 0.717) is 34.1 Å². The van der Waals surface area contributed by atoms with Crippen LogP contribution in [0.15, 0.2) is 45.5 Å². The van der Waals surface area contributed by atoms with Crippen LogP contribution >= 0.6 is 15.9 Å². The third kappa shape index (κ3) is 3.82. The number of esters is 1. The molecule has 0 saturated carbocycles. The molecule has 0 spiro atoms. The summed E-state index contributed by atoms with van der Waals surface area (Å²) in [6.45, 7) is 0. The second-order valence-electron chi connectivity index (χ2n) is 5.64. The van der Waals surface area contributed by atoms with E-state index < -0.39 is 5.97 Å². The molecule has 1 aliphatic heterocycles. The Kier molecular flexibility index (Phi) is 5.89. The molecule has 0 bridgehead atoms. The van der Waals surface area contributed by atoms with Crippen molar-refractivity contribution < 1.29 is 28.5 Å². The fourth-order valence-electron chi connectivity index (χ4n) is 2.67. The van der Waals surface area contributed by atoms with Crippen LogP contribution < -0.4 is 18.9 Å². The van der Waals surface area contributed by atoms with Crippen LogP contribution in [0.3, 0.4) is 0 Å². The van der Waals surface area contributed by atoms with Crippen molar-refractivity contribution in [3.8, 4) is 23.0 Å². The molecule has 2 aromatic rings. The topological polar surface area (TPSA) is 75.6 Å². The Morgan fingerprint density at radius 1 is 0.929 bits per heavy atom. The number of aliphatic imine (C=N–C) groups is 1. The van der Waals surface area contributed by atoms with Gasteiger partial charge in [0, 0.05) is 5.56 Å². The highest BCUT2D eigenvalue weighted by atomic mass is 79.9. The number of nitrogens with zero attached hydrogens (tertiary/aromatic N) is 1. The number of ether oxygens (including phenoxy) is 5. The lowest BCUT2D eigenvalue weighted by atomic mass is 10.1. The Morgan fingerprint density at radius 2 is 1.57 bits per heavy atom.